The molecule has 0 amide bonds. The monoisotopic (exact) mass is 433 g/mol. The minimum absolute atomic E-state index is 0.170. The second-order valence-electron chi connectivity index (χ2n) is 7.41. The summed E-state index contributed by atoms with van der Waals surface area (Å²) in [5, 5.41) is 10.5. The van der Waals surface area contributed by atoms with Crippen LogP contribution in [0.25, 0.3) is 10.9 Å². The highest BCUT2D eigenvalue weighted by atomic mass is 35.5. The molecule has 0 saturated heterocycles. The van der Waals surface area contributed by atoms with Gasteiger partial charge in [0, 0.05) is 23.0 Å². The summed E-state index contributed by atoms with van der Waals surface area (Å²) in [6, 6.07) is 20.2. The summed E-state index contributed by atoms with van der Waals surface area (Å²) in [6.07, 6.45) is 0.528. The Morgan fingerprint density at radius 2 is 1.74 bits per heavy atom. The van der Waals surface area contributed by atoms with Crippen LogP contribution in [0.2, 0.25) is 5.02 Å². The first kappa shape index (κ1) is 20.7. The maximum absolute atomic E-state index is 12.5. The molecule has 0 radical (unpaired) electrons. The number of carbonyl (C=O) groups excluding carboxylic acids is 1. The minimum atomic E-state index is -0.943. The standard InChI is InChI=1S/C25H20ClNO4/c1-15-7-8-17(10-20(15)24(28)29)9-19-11-18-12-22(26)21(13-23(18)27-19)25(30)31-14-16-5-3-2-4-6-16/h2-8,10-13,27H,9,14H2,1H3,(H,28,29). The molecular formula is C25H20ClNO4. The summed E-state index contributed by atoms with van der Waals surface area (Å²) in [5.41, 5.74) is 4.73. The summed E-state index contributed by atoms with van der Waals surface area (Å²) >= 11 is 6.34. The smallest absolute Gasteiger partial charge is 0.340 e. The molecule has 2 N–H and O–H groups in total. The van der Waals surface area contributed by atoms with Crippen molar-refractivity contribution in [3.05, 3.63) is 105 Å². The predicted octanol–water partition coefficient (Wildman–Crippen LogP) is 5.78. The number of H-pyrrole nitrogens is 1. The van der Waals surface area contributed by atoms with E-state index in [0.29, 0.717) is 22.6 Å². The number of halogens is 1. The Labute approximate surface area is 184 Å². The number of hydrogen-bond donors (Lipinski definition) is 2. The average molecular weight is 434 g/mol. The molecule has 1 heterocycles. The van der Waals surface area contributed by atoms with Gasteiger partial charge in [-0.15, -0.1) is 0 Å². The second kappa shape index (κ2) is 8.66. The van der Waals surface area contributed by atoms with Gasteiger partial charge in [-0.05, 0) is 47.9 Å². The number of fused-ring (bicyclic) bond motifs is 1. The zero-order valence-corrected chi connectivity index (χ0v) is 17.6. The van der Waals surface area contributed by atoms with Crippen LogP contribution in [-0.4, -0.2) is 22.0 Å². The molecule has 5 nitrogen and oxygen atoms in total. The highest BCUT2D eigenvalue weighted by Gasteiger charge is 2.15. The van der Waals surface area contributed by atoms with Crippen molar-refractivity contribution < 1.29 is 19.4 Å². The number of aryl methyl sites for hydroxylation is 1. The molecule has 0 saturated carbocycles. The lowest BCUT2D eigenvalue weighted by Crippen LogP contribution is -2.06. The van der Waals surface area contributed by atoms with Crippen LogP contribution in [-0.2, 0) is 17.8 Å². The van der Waals surface area contributed by atoms with E-state index in [1.54, 1.807) is 31.2 Å². The number of carboxylic acid groups (broad SMARTS) is 1. The number of benzene rings is 3. The largest absolute Gasteiger partial charge is 0.478 e. The van der Waals surface area contributed by atoms with E-state index in [9.17, 15) is 14.7 Å². The number of aromatic amines is 1. The Bertz CT molecular complexity index is 1280. The van der Waals surface area contributed by atoms with Crippen molar-refractivity contribution in [2.45, 2.75) is 20.0 Å². The van der Waals surface area contributed by atoms with Gasteiger partial charge in [-0.3, -0.25) is 0 Å². The first-order valence-electron chi connectivity index (χ1n) is 9.76. The average Bonchev–Trinajstić information content (AvgIpc) is 3.14. The molecule has 0 unspecified atom stereocenters. The van der Waals surface area contributed by atoms with E-state index in [-0.39, 0.29) is 6.61 Å². The molecule has 6 heteroatoms. The molecule has 1 aromatic heterocycles. The van der Waals surface area contributed by atoms with Gasteiger partial charge < -0.3 is 14.8 Å². The minimum Gasteiger partial charge on any atom is -0.478 e. The molecule has 156 valence electrons. The SMILES string of the molecule is Cc1ccc(Cc2cc3cc(Cl)c(C(=O)OCc4ccccc4)cc3[nH]2)cc1C(=O)O. The van der Waals surface area contributed by atoms with Crippen molar-refractivity contribution in [1.29, 1.82) is 0 Å². The Balaban J connectivity index is 1.55. The van der Waals surface area contributed by atoms with E-state index in [0.717, 1.165) is 33.3 Å². The molecule has 0 aliphatic heterocycles. The summed E-state index contributed by atoms with van der Waals surface area (Å²) in [5.74, 6) is -1.43. The lowest BCUT2D eigenvalue weighted by atomic mass is 10.0. The Morgan fingerprint density at radius 3 is 2.48 bits per heavy atom. The van der Waals surface area contributed by atoms with Crippen LogP contribution in [0.3, 0.4) is 0 Å². The zero-order chi connectivity index (χ0) is 22.0. The quantitative estimate of drug-likeness (QED) is 0.378. The zero-order valence-electron chi connectivity index (χ0n) is 16.8. The van der Waals surface area contributed by atoms with E-state index in [2.05, 4.69) is 4.98 Å². The van der Waals surface area contributed by atoms with Gasteiger partial charge in [0.15, 0.2) is 0 Å². The van der Waals surface area contributed by atoms with Crippen molar-refractivity contribution in [2.24, 2.45) is 0 Å². The molecule has 0 bridgehead atoms. The lowest BCUT2D eigenvalue weighted by molar-refractivity contribution is 0.0472. The summed E-state index contributed by atoms with van der Waals surface area (Å²) in [6.45, 7) is 1.94. The number of carboxylic acids is 1. The highest BCUT2D eigenvalue weighted by molar-refractivity contribution is 6.34. The normalized spacial score (nSPS) is 10.9. The van der Waals surface area contributed by atoms with Gasteiger partial charge in [-0.1, -0.05) is 54.1 Å². The van der Waals surface area contributed by atoms with Crippen LogP contribution in [0.5, 0.6) is 0 Å². The van der Waals surface area contributed by atoms with Gasteiger partial charge in [0.05, 0.1) is 16.1 Å². The van der Waals surface area contributed by atoms with Gasteiger partial charge in [-0.25, -0.2) is 9.59 Å². The number of esters is 1. The van der Waals surface area contributed by atoms with Crippen molar-refractivity contribution >= 4 is 34.4 Å². The molecule has 4 rings (SSSR count). The molecule has 0 aliphatic rings. The summed E-state index contributed by atoms with van der Waals surface area (Å²) < 4.78 is 5.40. The van der Waals surface area contributed by atoms with Gasteiger partial charge in [0.25, 0.3) is 0 Å². The van der Waals surface area contributed by atoms with Gasteiger partial charge in [-0.2, -0.15) is 0 Å². The van der Waals surface area contributed by atoms with E-state index < -0.39 is 11.9 Å². The Kier molecular flexibility index (Phi) is 5.78. The second-order valence-corrected chi connectivity index (χ2v) is 7.81. The Hall–Kier alpha value is -3.57. The van der Waals surface area contributed by atoms with Crippen molar-refractivity contribution in [3.8, 4) is 0 Å². The molecule has 0 spiro atoms. The summed E-state index contributed by atoms with van der Waals surface area (Å²) in [7, 11) is 0. The lowest BCUT2D eigenvalue weighted by Gasteiger charge is -2.07. The van der Waals surface area contributed by atoms with Gasteiger partial charge in [0.2, 0.25) is 0 Å². The van der Waals surface area contributed by atoms with Crippen molar-refractivity contribution in [3.63, 3.8) is 0 Å². The van der Waals surface area contributed by atoms with E-state index >= 15 is 0 Å². The number of ether oxygens (including phenoxy) is 1. The first-order chi connectivity index (χ1) is 14.9. The van der Waals surface area contributed by atoms with Crippen molar-refractivity contribution in [1.82, 2.24) is 4.98 Å². The Morgan fingerprint density at radius 1 is 0.968 bits per heavy atom. The number of aromatic nitrogens is 1. The van der Waals surface area contributed by atoms with Gasteiger partial charge >= 0.3 is 11.9 Å². The molecular weight excluding hydrogens is 414 g/mol. The maximum atomic E-state index is 12.5. The van der Waals surface area contributed by atoms with Crippen molar-refractivity contribution in [2.75, 3.05) is 0 Å². The highest BCUT2D eigenvalue weighted by Crippen LogP contribution is 2.27. The van der Waals surface area contributed by atoms with E-state index in [1.165, 1.54) is 0 Å². The third-order valence-corrected chi connectivity index (χ3v) is 5.44. The number of hydrogen-bond acceptors (Lipinski definition) is 3. The van der Waals surface area contributed by atoms with Crippen LogP contribution in [0.1, 0.15) is 43.1 Å². The molecule has 0 fully saturated rings. The first-order valence-corrected chi connectivity index (χ1v) is 10.1. The fourth-order valence-electron chi connectivity index (χ4n) is 3.50. The van der Waals surface area contributed by atoms with Crippen LogP contribution >= 0.6 is 11.6 Å². The topological polar surface area (TPSA) is 79.4 Å². The number of aromatic carboxylic acids is 1. The molecule has 0 atom stereocenters. The number of nitrogens with one attached hydrogen (secondary N) is 1. The molecule has 3 aromatic carbocycles. The fraction of sp³-hybridized carbons (Fsp3) is 0.120. The third-order valence-electron chi connectivity index (χ3n) is 5.12. The molecule has 31 heavy (non-hydrogen) atoms. The maximum Gasteiger partial charge on any atom is 0.340 e. The van der Waals surface area contributed by atoms with Crippen LogP contribution < -0.4 is 0 Å². The fourth-order valence-corrected chi connectivity index (χ4v) is 3.74. The van der Waals surface area contributed by atoms with E-state index in [4.69, 9.17) is 16.3 Å². The molecule has 0 aliphatic carbocycles. The van der Waals surface area contributed by atoms with E-state index in [1.807, 2.05) is 42.5 Å². The number of carbonyl (C=O) groups is 2. The summed E-state index contributed by atoms with van der Waals surface area (Å²) in [4.78, 5) is 27.2. The molecule has 4 aromatic rings. The van der Waals surface area contributed by atoms with Gasteiger partial charge in [0.1, 0.15) is 6.61 Å². The van der Waals surface area contributed by atoms with Crippen LogP contribution in [0.15, 0.2) is 66.7 Å². The van der Waals surface area contributed by atoms with Crippen LogP contribution in [0, 0.1) is 6.92 Å². The third kappa shape index (κ3) is 4.62. The van der Waals surface area contributed by atoms with Crippen LogP contribution in [0.4, 0.5) is 0 Å². The number of rotatable bonds is 6. The predicted molar refractivity (Wildman–Crippen MR) is 120 cm³/mol.